The van der Waals surface area contributed by atoms with Crippen molar-refractivity contribution in [3.63, 3.8) is 0 Å². The molecule has 0 fully saturated rings. The Morgan fingerprint density at radius 1 is 1.75 bits per heavy atom. The Morgan fingerprint density at radius 2 is 2.42 bits per heavy atom. The Bertz CT molecular complexity index is 280. The summed E-state index contributed by atoms with van der Waals surface area (Å²) < 4.78 is 9.56. The van der Waals surface area contributed by atoms with Crippen LogP contribution in [-0.4, -0.2) is 17.1 Å². The molecule has 2 N–H and O–H groups in total. The number of carbonyl (C=O) groups excluding carboxylic acids is 1. The lowest BCUT2D eigenvalue weighted by atomic mass is 10.4. The molecule has 0 aliphatic rings. The minimum atomic E-state index is -0.547. The van der Waals surface area contributed by atoms with Crippen LogP contribution in [0.4, 0.5) is 6.01 Å². The molecule has 5 heteroatoms. The van der Waals surface area contributed by atoms with Gasteiger partial charge in [0.05, 0.1) is 12.3 Å². The Morgan fingerprint density at radius 3 is 2.83 bits per heavy atom. The van der Waals surface area contributed by atoms with Crippen LogP contribution < -0.4 is 5.73 Å². The Balaban J connectivity index is 2.65. The number of oxazole rings is 1. The van der Waals surface area contributed by atoms with Crippen LogP contribution in [0.2, 0.25) is 0 Å². The first kappa shape index (κ1) is 8.58. The van der Waals surface area contributed by atoms with E-state index < -0.39 is 5.97 Å². The molecule has 0 aliphatic carbocycles. The van der Waals surface area contributed by atoms with E-state index in [-0.39, 0.29) is 17.9 Å². The summed E-state index contributed by atoms with van der Waals surface area (Å²) in [6.45, 7) is 3.50. The van der Waals surface area contributed by atoms with Crippen LogP contribution in [-0.2, 0) is 4.74 Å². The molecule has 0 saturated carbocycles. The minimum Gasteiger partial charge on any atom is -0.457 e. The van der Waals surface area contributed by atoms with Gasteiger partial charge in [0, 0.05) is 0 Å². The molecule has 66 valence electrons. The zero-order valence-corrected chi connectivity index (χ0v) is 6.90. The minimum absolute atomic E-state index is 0.0289. The van der Waals surface area contributed by atoms with E-state index in [1.165, 1.54) is 6.20 Å². The highest BCUT2D eigenvalue weighted by Crippen LogP contribution is 2.07. The van der Waals surface area contributed by atoms with Gasteiger partial charge in [-0.1, -0.05) is 0 Å². The lowest BCUT2D eigenvalue weighted by molar-refractivity contribution is 0.0342. The summed E-state index contributed by atoms with van der Waals surface area (Å²) in [7, 11) is 0. The topological polar surface area (TPSA) is 78.3 Å². The number of nitrogens with two attached hydrogens (primary N) is 1. The third kappa shape index (κ3) is 1.98. The molecule has 1 rings (SSSR count). The van der Waals surface area contributed by atoms with Gasteiger partial charge in [-0.05, 0) is 13.8 Å². The fraction of sp³-hybridized carbons (Fsp3) is 0.429. The average molecular weight is 170 g/mol. The smallest absolute Gasteiger partial charge is 0.376 e. The van der Waals surface area contributed by atoms with Gasteiger partial charge in [0.2, 0.25) is 5.76 Å². The summed E-state index contributed by atoms with van der Waals surface area (Å²) in [4.78, 5) is 14.6. The molecule has 12 heavy (non-hydrogen) atoms. The normalized spacial score (nSPS) is 10.2. The number of nitrogens with zero attached hydrogens (tertiary/aromatic N) is 1. The maximum absolute atomic E-state index is 11.1. The van der Waals surface area contributed by atoms with Crippen molar-refractivity contribution in [2.24, 2.45) is 0 Å². The fourth-order valence-electron chi connectivity index (χ4n) is 0.654. The summed E-state index contributed by atoms with van der Waals surface area (Å²) in [5.41, 5.74) is 5.16. The lowest BCUT2D eigenvalue weighted by Crippen LogP contribution is -2.10. The molecule has 5 nitrogen and oxygen atoms in total. The summed E-state index contributed by atoms with van der Waals surface area (Å²) in [6.07, 6.45) is 1.06. The third-order valence-electron chi connectivity index (χ3n) is 1.07. The zero-order chi connectivity index (χ0) is 9.14. The second-order valence-corrected chi connectivity index (χ2v) is 2.52. The van der Waals surface area contributed by atoms with Crippen molar-refractivity contribution in [3.8, 4) is 0 Å². The van der Waals surface area contributed by atoms with Gasteiger partial charge in [-0.25, -0.2) is 9.78 Å². The molecule has 0 unspecified atom stereocenters. The number of carbonyl (C=O) groups is 1. The van der Waals surface area contributed by atoms with Crippen LogP contribution in [0.3, 0.4) is 0 Å². The molecule has 0 aliphatic heterocycles. The molecule has 1 aromatic heterocycles. The first-order valence-electron chi connectivity index (χ1n) is 3.52. The Labute approximate surface area is 69.5 Å². The van der Waals surface area contributed by atoms with Crippen LogP contribution in [0.25, 0.3) is 0 Å². The van der Waals surface area contributed by atoms with Crippen molar-refractivity contribution < 1.29 is 13.9 Å². The highest BCUT2D eigenvalue weighted by molar-refractivity contribution is 5.86. The monoisotopic (exact) mass is 170 g/mol. The standard InChI is InChI=1S/C7H10N2O3/c1-4(2)11-6(10)5-3-9-7(8)12-5/h3-4H,1-2H3,(H2,8,9). The number of rotatable bonds is 2. The van der Waals surface area contributed by atoms with Gasteiger partial charge >= 0.3 is 5.97 Å². The van der Waals surface area contributed by atoms with Gasteiger partial charge in [0.1, 0.15) is 0 Å². The summed E-state index contributed by atoms with van der Waals surface area (Å²) >= 11 is 0. The zero-order valence-electron chi connectivity index (χ0n) is 6.90. The number of ether oxygens (including phenoxy) is 1. The second-order valence-electron chi connectivity index (χ2n) is 2.52. The Hall–Kier alpha value is -1.52. The number of esters is 1. The molecule has 0 radical (unpaired) electrons. The van der Waals surface area contributed by atoms with Crippen LogP contribution >= 0.6 is 0 Å². The number of hydrogen-bond acceptors (Lipinski definition) is 5. The molecule has 0 amide bonds. The summed E-state index contributed by atoms with van der Waals surface area (Å²) in [5.74, 6) is -0.518. The molecule has 0 saturated heterocycles. The number of anilines is 1. The third-order valence-corrected chi connectivity index (χ3v) is 1.07. The molecule has 1 heterocycles. The van der Waals surface area contributed by atoms with Crippen molar-refractivity contribution in [2.75, 3.05) is 5.73 Å². The van der Waals surface area contributed by atoms with Crippen LogP contribution in [0.1, 0.15) is 24.4 Å². The molecular weight excluding hydrogens is 160 g/mol. The molecular formula is C7H10N2O3. The summed E-state index contributed by atoms with van der Waals surface area (Å²) in [6, 6.07) is -0.0364. The maximum Gasteiger partial charge on any atom is 0.376 e. The molecule has 0 bridgehead atoms. The maximum atomic E-state index is 11.1. The highest BCUT2D eigenvalue weighted by Gasteiger charge is 2.13. The van der Waals surface area contributed by atoms with Crippen molar-refractivity contribution in [1.82, 2.24) is 4.98 Å². The molecule has 0 atom stereocenters. The first-order valence-corrected chi connectivity index (χ1v) is 3.52. The van der Waals surface area contributed by atoms with E-state index >= 15 is 0 Å². The van der Waals surface area contributed by atoms with Gasteiger partial charge in [-0.2, -0.15) is 0 Å². The van der Waals surface area contributed by atoms with Gasteiger partial charge in [-0.15, -0.1) is 0 Å². The second kappa shape index (κ2) is 3.25. The predicted octanol–water partition coefficient (Wildman–Crippen LogP) is 0.822. The molecule has 0 spiro atoms. The molecule has 1 aromatic rings. The Kier molecular flexibility index (Phi) is 2.32. The number of nitrogen functional groups attached to an aromatic ring is 1. The van der Waals surface area contributed by atoms with Crippen molar-refractivity contribution in [3.05, 3.63) is 12.0 Å². The lowest BCUT2D eigenvalue weighted by Gasteiger charge is -2.04. The van der Waals surface area contributed by atoms with E-state index in [1.54, 1.807) is 13.8 Å². The van der Waals surface area contributed by atoms with E-state index in [4.69, 9.17) is 14.9 Å². The fourth-order valence-corrected chi connectivity index (χ4v) is 0.654. The largest absolute Gasteiger partial charge is 0.457 e. The van der Waals surface area contributed by atoms with E-state index in [0.717, 1.165) is 0 Å². The predicted molar refractivity (Wildman–Crippen MR) is 41.5 cm³/mol. The number of aromatic nitrogens is 1. The average Bonchev–Trinajstić information content (AvgIpc) is 2.34. The summed E-state index contributed by atoms with van der Waals surface area (Å²) in [5, 5.41) is 0. The van der Waals surface area contributed by atoms with Crippen molar-refractivity contribution in [1.29, 1.82) is 0 Å². The van der Waals surface area contributed by atoms with Crippen LogP contribution in [0.5, 0.6) is 0 Å². The van der Waals surface area contributed by atoms with Crippen molar-refractivity contribution >= 4 is 12.0 Å². The molecule has 0 aromatic carbocycles. The quantitative estimate of drug-likeness (QED) is 0.665. The highest BCUT2D eigenvalue weighted by atomic mass is 16.6. The van der Waals surface area contributed by atoms with Gasteiger partial charge in [0.25, 0.3) is 6.01 Å². The van der Waals surface area contributed by atoms with E-state index in [9.17, 15) is 4.79 Å². The van der Waals surface area contributed by atoms with Gasteiger partial charge in [-0.3, -0.25) is 0 Å². The SMILES string of the molecule is CC(C)OC(=O)c1cnc(N)o1. The van der Waals surface area contributed by atoms with Gasteiger partial charge in [0.15, 0.2) is 0 Å². The van der Waals surface area contributed by atoms with E-state index in [2.05, 4.69) is 4.98 Å². The van der Waals surface area contributed by atoms with E-state index in [1.807, 2.05) is 0 Å². The van der Waals surface area contributed by atoms with Crippen molar-refractivity contribution in [2.45, 2.75) is 20.0 Å². The van der Waals surface area contributed by atoms with E-state index in [0.29, 0.717) is 0 Å². The van der Waals surface area contributed by atoms with Gasteiger partial charge < -0.3 is 14.9 Å². The number of hydrogen-bond donors (Lipinski definition) is 1. The van der Waals surface area contributed by atoms with Crippen LogP contribution in [0.15, 0.2) is 10.6 Å². The van der Waals surface area contributed by atoms with Crippen LogP contribution in [0, 0.1) is 0 Å². The first-order chi connectivity index (χ1) is 5.59.